The molecule has 0 spiro atoms. The fraction of sp³-hybridized carbons (Fsp3) is 0.375. The molecule has 4 nitrogen and oxygen atoms in total. The predicted molar refractivity (Wildman–Crippen MR) is 373 cm³/mol. The third kappa shape index (κ3) is 12.0. The summed E-state index contributed by atoms with van der Waals surface area (Å²) in [6.07, 6.45) is 9.13. The van der Waals surface area contributed by atoms with Gasteiger partial charge in [0.15, 0.2) is 0 Å². The van der Waals surface area contributed by atoms with Crippen molar-refractivity contribution in [2.45, 2.75) is 199 Å². The highest BCUT2D eigenvalue weighted by Crippen LogP contribution is 2.43. The molecule has 0 aliphatic carbocycles. The molecule has 5 heterocycles. The van der Waals surface area contributed by atoms with Crippen LogP contribution < -0.4 is 16.4 Å². The molecule has 5 aromatic carbocycles. The van der Waals surface area contributed by atoms with Gasteiger partial charge < -0.3 is 9.97 Å². The minimum absolute atomic E-state index is 0.108. The summed E-state index contributed by atoms with van der Waals surface area (Å²) in [5, 5.41) is 0. The molecule has 0 atom stereocenters. The number of aromatic nitrogens is 4. The lowest BCUT2D eigenvalue weighted by Gasteiger charge is -2.26. The Morgan fingerprint density at radius 1 is 0.282 bits per heavy atom. The Balaban J connectivity index is 1.49. The van der Waals surface area contributed by atoms with Crippen molar-refractivity contribution in [2.24, 2.45) is 0 Å². The average Bonchev–Trinajstić information content (AvgIpc) is 2.54. The zero-order chi connectivity index (χ0) is 62.0. The molecule has 2 aliphatic rings. The summed E-state index contributed by atoms with van der Waals surface area (Å²) in [5.41, 5.74) is 32.7. The Morgan fingerprint density at radius 3 is 0.788 bits per heavy atom. The van der Waals surface area contributed by atoms with E-state index in [1.54, 1.807) is 0 Å². The van der Waals surface area contributed by atoms with Crippen LogP contribution in [-0.2, 0) is 32.5 Å². The van der Waals surface area contributed by atoms with Gasteiger partial charge in [-0.25, -0.2) is 9.97 Å². The molecule has 0 saturated carbocycles. The number of rotatable bonds is 6. The summed E-state index contributed by atoms with van der Waals surface area (Å²) in [4.78, 5) is 20.4. The molecular weight excluding hydrogens is 1030 g/mol. The summed E-state index contributed by atoms with van der Waals surface area (Å²) in [5.74, 6) is 0. The molecule has 8 bridgehead atoms. The molecule has 438 valence electrons. The monoisotopic (exact) mass is 1120 g/mol. The van der Waals surface area contributed by atoms with Gasteiger partial charge in [0.25, 0.3) is 0 Å². The minimum Gasteiger partial charge on any atom is -0.355 e. The molecule has 2 aliphatic heterocycles. The molecule has 2 N–H and O–H groups in total. The average molecular weight is 1120 g/mol. The van der Waals surface area contributed by atoms with Crippen molar-refractivity contribution in [1.82, 2.24) is 19.9 Å². The summed E-state index contributed by atoms with van der Waals surface area (Å²) in [6.45, 7) is 55.4. The smallest absolute Gasteiger partial charge is 0.248 e. The quantitative estimate of drug-likeness (QED) is 0.163. The van der Waals surface area contributed by atoms with Crippen molar-refractivity contribution >= 4 is 69.5 Å². The van der Waals surface area contributed by atoms with Crippen LogP contribution in [-0.4, -0.2) is 26.6 Å². The number of nitrogens with one attached hydrogen (secondary N) is 2. The second-order valence-corrected chi connectivity index (χ2v) is 31.5. The first-order chi connectivity index (χ1) is 39.3. The summed E-state index contributed by atoms with van der Waals surface area (Å²) >= 11 is 0. The number of hydrogen-bond donors (Lipinski definition) is 2. The maximum absolute atomic E-state index is 6.04. The highest BCUT2D eigenvalue weighted by Gasteiger charge is 2.34. The van der Waals surface area contributed by atoms with Crippen LogP contribution >= 0.6 is 0 Å². The van der Waals surface area contributed by atoms with E-state index in [0.29, 0.717) is 0 Å². The fourth-order valence-electron chi connectivity index (χ4n) is 13.1. The Morgan fingerprint density at radius 2 is 0.518 bits per heavy atom. The van der Waals surface area contributed by atoms with Gasteiger partial charge in [0, 0.05) is 38.8 Å². The predicted octanol–water partition coefficient (Wildman–Crippen LogP) is 19.8. The van der Waals surface area contributed by atoms with Crippen molar-refractivity contribution in [1.29, 1.82) is 0 Å². The van der Waals surface area contributed by atoms with Crippen LogP contribution in [0.15, 0.2) is 103 Å². The molecule has 0 unspecified atom stereocenters. The molecule has 8 aromatic rings. The number of aryl methyl sites for hydroxylation is 6. The second-order valence-electron chi connectivity index (χ2n) is 31.5. The molecule has 5 heteroatoms. The zero-order valence-electron chi connectivity index (χ0n) is 56.1. The SMILES string of the molecule is Cc1cc(C)c(B(c2c(C)cc(C)cc2C)c2c3nc(c(-c4cc(C(C)(C)C)cc(C(C)(C)C)c4)c4ccc([nH]4)c(-c4cc(C(C)(C)C)cc(C(C)(C)C)c4)c4nc(c(-c5cc(C(C)(C)C)cc(C(C)(C)C)c5)c5ccc2[nH]5)C=C4)C=C3)c(C)c1. The Labute approximate surface area is 511 Å². The van der Waals surface area contributed by atoms with Crippen LogP contribution in [0.4, 0.5) is 0 Å². The molecular formula is C80H95BN4. The lowest BCUT2D eigenvalue weighted by molar-refractivity contribution is 0.568. The Hall–Kier alpha value is -7.24. The van der Waals surface area contributed by atoms with Crippen LogP contribution in [0.25, 0.3) is 79.8 Å². The maximum Gasteiger partial charge on any atom is 0.248 e. The molecule has 0 saturated heterocycles. The van der Waals surface area contributed by atoms with Gasteiger partial charge in [-0.2, -0.15) is 0 Å². The van der Waals surface area contributed by atoms with Gasteiger partial charge in [0.2, 0.25) is 6.71 Å². The van der Waals surface area contributed by atoms with Crippen LogP contribution in [0.5, 0.6) is 0 Å². The van der Waals surface area contributed by atoms with Crippen molar-refractivity contribution in [3.05, 3.63) is 193 Å². The summed E-state index contributed by atoms with van der Waals surface area (Å²) in [6, 6.07) is 40.5. The van der Waals surface area contributed by atoms with Gasteiger partial charge in [-0.05, 0) is 178 Å². The molecule has 0 amide bonds. The van der Waals surface area contributed by atoms with Crippen molar-refractivity contribution in [2.75, 3.05) is 0 Å². The van der Waals surface area contributed by atoms with Crippen LogP contribution in [0.2, 0.25) is 0 Å². The van der Waals surface area contributed by atoms with Crippen molar-refractivity contribution < 1.29 is 0 Å². The third-order valence-electron chi connectivity index (χ3n) is 18.0. The second kappa shape index (κ2) is 21.3. The molecule has 3 aromatic heterocycles. The topological polar surface area (TPSA) is 57.4 Å². The van der Waals surface area contributed by atoms with Crippen LogP contribution in [0.1, 0.15) is 214 Å². The lowest BCUT2D eigenvalue weighted by Crippen LogP contribution is -2.57. The molecule has 0 radical (unpaired) electrons. The van der Waals surface area contributed by atoms with E-state index < -0.39 is 0 Å². The zero-order valence-corrected chi connectivity index (χ0v) is 56.1. The third-order valence-corrected chi connectivity index (χ3v) is 18.0. The summed E-state index contributed by atoms with van der Waals surface area (Å²) in [7, 11) is 0. The highest BCUT2D eigenvalue weighted by molar-refractivity contribution is 6.98. The highest BCUT2D eigenvalue weighted by atomic mass is 14.8. The van der Waals surface area contributed by atoms with E-state index in [4.69, 9.17) is 9.97 Å². The lowest BCUT2D eigenvalue weighted by atomic mass is 9.33. The Kier molecular flexibility index (Phi) is 15.3. The number of H-pyrrole nitrogens is 2. The van der Waals surface area contributed by atoms with E-state index in [9.17, 15) is 0 Å². The van der Waals surface area contributed by atoms with Gasteiger partial charge in [-0.15, -0.1) is 0 Å². The van der Waals surface area contributed by atoms with Gasteiger partial charge >= 0.3 is 0 Å². The normalized spacial score (nSPS) is 13.3. The number of nitrogens with zero attached hydrogens (tertiary/aromatic N) is 2. The number of aromatic amines is 2. The standard InChI is InChI=1S/C80H95BN4/c1-46-33-48(3)72(49(4)34-46)81(73-50(5)35-47(2)36-51(73)6)74-67-31-29-65(84-67)70(53-39-57(77(13,14)15)44-58(40-53)78(16,17)18)63-27-25-61(82-63)69(52-37-55(75(7,8)9)43-56(38-52)76(10,11)12)62-26-28-64(83-62)71(66-30-32-68(74)85-66)54-41-59(79(19,20)21)45-60(42-54)80(22,23)24/h25-45,82,85H,1-24H3. The Bertz CT molecular complexity index is 3960. The first-order valence-electron chi connectivity index (χ1n) is 31.2. The fourth-order valence-corrected chi connectivity index (χ4v) is 13.1. The largest absolute Gasteiger partial charge is 0.355 e. The maximum atomic E-state index is 6.04. The number of fused-ring (bicyclic) bond motifs is 8. The molecule has 10 rings (SSSR count). The summed E-state index contributed by atoms with van der Waals surface area (Å²) < 4.78 is 0. The van der Waals surface area contributed by atoms with Crippen LogP contribution in [0, 0.1) is 41.5 Å². The van der Waals surface area contributed by atoms with Crippen molar-refractivity contribution in [3.8, 4) is 33.4 Å². The van der Waals surface area contributed by atoms with Gasteiger partial charge in [-0.1, -0.05) is 248 Å². The van der Waals surface area contributed by atoms with E-state index in [1.807, 2.05) is 0 Å². The number of benzene rings is 5. The molecule has 0 fully saturated rings. The van der Waals surface area contributed by atoms with E-state index >= 15 is 0 Å². The minimum atomic E-state index is -0.186. The van der Waals surface area contributed by atoms with Crippen LogP contribution in [0.3, 0.4) is 0 Å². The van der Waals surface area contributed by atoms with E-state index in [2.05, 4.69) is 304 Å². The molecule has 85 heavy (non-hydrogen) atoms. The first-order valence-corrected chi connectivity index (χ1v) is 31.2. The number of hydrogen-bond acceptors (Lipinski definition) is 2. The van der Waals surface area contributed by atoms with E-state index in [1.165, 1.54) is 77.7 Å². The van der Waals surface area contributed by atoms with Gasteiger partial charge in [0.05, 0.1) is 22.8 Å². The van der Waals surface area contributed by atoms with Crippen molar-refractivity contribution in [3.63, 3.8) is 0 Å². The van der Waals surface area contributed by atoms with E-state index in [0.717, 1.165) is 83.7 Å². The van der Waals surface area contributed by atoms with Gasteiger partial charge in [-0.3, -0.25) is 0 Å². The van der Waals surface area contributed by atoms with E-state index in [-0.39, 0.29) is 39.2 Å². The first kappa shape index (κ1) is 60.9. The van der Waals surface area contributed by atoms with Gasteiger partial charge in [0.1, 0.15) is 0 Å².